The molecule has 0 aromatic rings. The summed E-state index contributed by atoms with van der Waals surface area (Å²) in [5.41, 5.74) is 0. The molecule has 2 N–H and O–H groups in total. The molecule has 1 fully saturated rings. The van der Waals surface area contributed by atoms with Gasteiger partial charge in [-0.3, -0.25) is 4.21 Å². The van der Waals surface area contributed by atoms with Crippen molar-refractivity contribution in [1.29, 1.82) is 0 Å². The molecule has 15 heavy (non-hydrogen) atoms. The van der Waals surface area contributed by atoms with Gasteiger partial charge in [0.15, 0.2) is 0 Å². The molecule has 1 saturated heterocycles. The second-order valence-corrected chi connectivity index (χ2v) is 6.20. The summed E-state index contributed by atoms with van der Waals surface area (Å²) < 4.78 is 11.1. The lowest BCUT2D eigenvalue weighted by Crippen LogP contribution is -2.36. The molecule has 0 aromatic heterocycles. The van der Waals surface area contributed by atoms with E-state index in [0.717, 1.165) is 43.7 Å². The lowest BCUT2D eigenvalue weighted by Gasteiger charge is -2.22. The van der Waals surface area contributed by atoms with Crippen LogP contribution in [-0.4, -0.2) is 40.0 Å². The highest BCUT2D eigenvalue weighted by molar-refractivity contribution is 7.85. The van der Waals surface area contributed by atoms with E-state index in [2.05, 4.69) is 12.2 Å². The maximum absolute atomic E-state index is 11.1. The second-order valence-electron chi connectivity index (χ2n) is 4.51. The molecular formula is C11H23NO2S. The fourth-order valence-electron chi connectivity index (χ4n) is 1.85. The predicted molar refractivity (Wildman–Crippen MR) is 64.4 cm³/mol. The summed E-state index contributed by atoms with van der Waals surface area (Å²) >= 11 is 0. The van der Waals surface area contributed by atoms with Gasteiger partial charge < -0.3 is 10.4 Å². The van der Waals surface area contributed by atoms with Crippen LogP contribution < -0.4 is 5.32 Å². The highest BCUT2D eigenvalue weighted by atomic mass is 32.2. The Kier molecular flexibility index (Phi) is 6.45. The minimum Gasteiger partial charge on any atom is -0.396 e. The molecule has 0 bridgehead atoms. The van der Waals surface area contributed by atoms with Gasteiger partial charge in [0.1, 0.15) is 0 Å². The van der Waals surface area contributed by atoms with Crippen LogP contribution in [0.25, 0.3) is 0 Å². The maximum Gasteiger partial charge on any atom is 0.0456 e. The Balaban J connectivity index is 1.98. The van der Waals surface area contributed by atoms with Gasteiger partial charge in [-0.1, -0.05) is 6.92 Å². The number of aliphatic hydroxyl groups is 1. The minimum absolute atomic E-state index is 0.294. The molecule has 3 nitrogen and oxygen atoms in total. The summed E-state index contributed by atoms with van der Waals surface area (Å²) in [5.74, 6) is 2.15. The van der Waals surface area contributed by atoms with E-state index in [0.29, 0.717) is 18.6 Å². The van der Waals surface area contributed by atoms with Gasteiger partial charge in [-0.05, 0) is 38.1 Å². The summed E-state index contributed by atoms with van der Waals surface area (Å²) in [6, 6.07) is 0.576. The molecule has 0 aliphatic carbocycles. The molecule has 4 heteroatoms. The van der Waals surface area contributed by atoms with Crippen LogP contribution in [-0.2, 0) is 10.8 Å². The normalized spacial score (nSPS) is 28.9. The molecule has 1 unspecified atom stereocenters. The van der Waals surface area contributed by atoms with Crippen molar-refractivity contribution in [1.82, 2.24) is 5.32 Å². The number of hydrogen-bond acceptors (Lipinski definition) is 3. The van der Waals surface area contributed by atoms with Crippen LogP contribution in [0.15, 0.2) is 0 Å². The quantitative estimate of drug-likeness (QED) is 0.670. The van der Waals surface area contributed by atoms with Crippen LogP contribution in [0.2, 0.25) is 0 Å². The van der Waals surface area contributed by atoms with Crippen molar-refractivity contribution < 1.29 is 9.32 Å². The lowest BCUT2D eigenvalue weighted by molar-refractivity contribution is 0.227. The monoisotopic (exact) mass is 233 g/mol. The van der Waals surface area contributed by atoms with Crippen molar-refractivity contribution in [3.63, 3.8) is 0 Å². The molecule has 0 radical (unpaired) electrons. The van der Waals surface area contributed by atoms with Gasteiger partial charge in [0.2, 0.25) is 0 Å². The first kappa shape index (κ1) is 13.1. The van der Waals surface area contributed by atoms with E-state index in [4.69, 9.17) is 5.11 Å². The summed E-state index contributed by atoms with van der Waals surface area (Å²) in [5, 5.41) is 12.4. The van der Waals surface area contributed by atoms with Crippen LogP contribution in [0.4, 0.5) is 0 Å². The van der Waals surface area contributed by atoms with E-state index in [1.54, 1.807) is 0 Å². The van der Waals surface area contributed by atoms with Gasteiger partial charge >= 0.3 is 0 Å². The highest BCUT2D eigenvalue weighted by Gasteiger charge is 2.16. The first-order chi connectivity index (χ1) is 7.22. The van der Waals surface area contributed by atoms with E-state index in [-0.39, 0.29) is 0 Å². The van der Waals surface area contributed by atoms with Crippen molar-refractivity contribution in [3.05, 3.63) is 0 Å². The molecule has 0 spiro atoms. The van der Waals surface area contributed by atoms with Crippen molar-refractivity contribution in [3.8, 4) is 0 Å². The van der Waals surface area contributed by atoms with E-state index in [1.165, 1.54) is 0 Å². The lowest BCUT2D eigenvalue weighted by atomic mass is 10.1. The fourth-order valence-corrected chi connectivity index (χ4v) is 3.14. The topological polar surface area (TPSA) is 49.3 Å². The Morgan fingerprint density at radius 2 is 2.13 bits per heavy atom. The van der Waals surface area contributed by atoms with Gasteiger partial charge in [0.05, 0.1) is 0 Å². The summed E-state index contributed by atoms with van der Waals surface area (Å²) in [4.78, 5) is 0. The van der Waals surface area contributed by atoms with Crippen LogP contribution in [0, 0.1) is 5.92 Å². The molecule has 1 aliphatic rings. The predicted octanol–water partition coefficient (Wildman–Crippen LogP) is 0.896. The molecule has 1 heterocycles. The third kappa shape index (κ3) is 5.64. The SMILES string of the molecule is CC(CO)CCCNC1CCS(=O)CC1. The zero-order valence-electron chi connectivity index (χ0n) is 9.58. The van der Waals surface area contributed by atoms with E-state index in [9.17, 15) is 4.21 Å². The van der Waals surface area contributed by atoms with Crippen LogP contribution >= 0.6 is 0 Å². The zero-order chi connectivity index (χ0) is 11.1. The second kappa shape index (κ2) is 7.36. The molecule has 1 atom stereocenters. The number of aliphatic hydroxyl groups excluding tert-OH is 1. The molecule has 1 rings (SSSR count). The number of rotatable bonds is 6. The Hall–Kier alpha value is 0.0700. The van der Waals surface area contributed by atoms with Gasteiger partial charge in [0.25, 0.3) is 0 Å². The van der Waals surface area contributed by atoms with Crippen molar-refractivity contribution in [2.75, 3.05) is 24.7 Å². The minimum atomic E-state index is -0.550. The average molecular weight is 233 g/mol. The van der Waals surface area contributed by atoms with E-state index >= 15 is 0 Å². The van der Waals surface area contributed by atoms with E-state index < -0.39 is 10.8 Å². The van der Waals surface area contributed by atoms with Crippen molar-refractivity contribution in [2.45, 2.75) is 38.6 Å². The number of nitrogens with one attached hydrogen (secondary N) is 1. The van der Waals surface area contributed by atoms with Gasteiger partial charge in [-0.25, -0.2) is 0 Å². The fraction of sp³-hybridized carbons (Fsp3) is 1.00. The summed E-state index contributed by atoms with van der Waals surface area (Å²) in [6.45, 7) is 3.40. The Morgan fingerprint density at radius 1 is 1.47 bits per heavy atom. The maximum atomic E-state index is 11.1. The van der Waals surface area contributed by atoms with Crippen LogP contribution in [0.1, 0.15) is 32.6 Å². The highest BCUT2D eigenvalue weighted by Crippen LogP contribution is 2.09. The third-order valence-electron chi connectivity index (χ3n) is 3.01. The van der Waals surface area contributed by atoms with E-state index in [1.807, 2.05) is 0 Å². The molecule has 0 saturated carbocycles. The van der Waals surface area contributed by atoms with Gasteiger partial charge in [-0.2, -0.15) is 0 Å². The summed E-state index contributed by atoms with van der Waals surface area (Å²) in [6.07, 6.45) is 4.33. The smallest absolute Gasteiger partial charge is 0.0456 e. The molecule has 90 valence electrons. The first-order valence-electron chi connectivity index (χ1n) is 5.91. The van der Waals surface area contributed by atoms with Gasteiger partial charge in [0, 0.05) is 35.0 Å². The molecule has 0 aromatic carbocycles. The molecule has 1 aliphatic heterocycles. The Bertz CT molecular complexity index is 189. The van der Waals surface area contributed by atoms with Crippen molar-refractivity contribution in [2.24, 2.45) is 5.92 Å². The number of hydrogen-bond donors (Lipinski definition) is 2. The van der Waals surface area contributed by atoms with Crippen molar-refractivity contribution >= 4 is 10.8 Å². The standard InChI is InChI=1S/C11H23NO2S/c1-10(9-13)3-2-6-12-11-4-7-15(14)8-5-11/h10-13H,2-9H2,1H3. The molecular weight excluding hydrogens is 210 g/mol. The Labute approximate surface area is 95.1 Å². The Morgan fingerprint density at radius 3 is 2.73 bits per heavy atom. The summed E-state index contributed by atoms with van der Waals surface area (Å²) in [7, 11) is -0.550. The molecule has 0 amide bonds. The average Bonchev–Trinajstić information content (AvgIpc) is 2.26. The van der Waals surface area contributed by atoms with Crippen LogP contribution in [0.5, 0.6) is 0 Å². The van der Waals surface area contributed by atoms with Gasteiger partial charge in [-0.15, -0.1) is 0 Å². The van der Waals surface area contributed by atoms with Crippen LogP contribution in [0.3, 0.4) is 0 Å². The first-order valence-corrected chi connectivity index (χ1v) is 7.40. The zero-order valence-corrected chi connectivity index (χ0v) is 10.4. The third-order valence-corrected chi connectivity index (χ3v) is 4.39. The largest absolute Gasteiger partial charge is 0.396 e.